The van der Waals surface area contributed by atoms with Crippen LogP contribution in [-0.2, 0) is 0 Å². The average Bonchev–Trinajstić information content (AvgIpc) is 2.78. The molecule has 0 aromatic heterocycles. The molecule has 1 aliphatic rings. The Kier molecular flexibility index (Phi) is 4.33. The van der Waals surface area contributed by atoms with E-state index in [1.54, 1.807) is 0 Å². The lowest BCUT2D eigenvalue weighted by Gasteiger charge is -2.10. The fourth-order valence-corrected chi connectivity index (χ4v) is 2.62. The highest BCUT2D eigenvalue weighted by atomic mass is 127. The zero-order valence-electron chi connectivity index (χ0n) is 9.30. The largest absolute Gasteiger partial charge is 0.352 e. The highest BCUT2D eigenvalue weighted by Gasteiger charge is 2.16. The lowest BCUT2D eigenvalue weighted by atomic mass is 10.1. The van der Waals surface area contributed by atoms with E-state index in [4.69, 9.17) is 0 Å². The first-order valence-corrected chi connectivity index (χ1v) is 6.68. The van der Waals surface area contributed by atoms with Crippen molar-refractivity contribution < 1.29 is 9.18 Å². The minimum Gasteiger partial charge on any atom is -0.352 e. The number of amides is 1. The molecule has 1 saturated heterocycles. The maximum absolute atomic E-state index is 12.9. The smallest absolute Gasteiger partial charge is 0.252 e. The predicted molar refractivity (Wildman–Crippen MR) is 72.4 cm³/mol. The second-order valence-electron chi connectivity index (χ2n) is 4.19. The average molecular weight is 348 g/mol. The Morgan fingerprint density at radius 3 is 3.06 bits per heavy atom. The zero-order valence-corrected chi connectivity index (χ0v) is 11.5. The molecule has 1 heterocycles. The van der Waals surface area contributed by atoms with Gasteiger partial charge in [-0.2, -0.15) is 0 Å². The van der Waals surface area contributed by atoms with Gasteiger partial charge in [0.1, 0.15) is 5.82 Å². The highest BCUT2D eigenvalue weighted by Crippen LogP contribution is 2.14. The Hall–Kier alpha value is -0.690. The third-order valence-electron chi connectivity index (χ3n) is 2.89. The number of halogens is 2. The number of benzene rings is 1. The van der Waals surface area contributed by atoms with Gasteiger partial charge in [-0.05, 0) is 66.2 Å². The van der Waals surface area contributed by atoms with E-state index in [1.807, 2.05) is 22.6 Å². The van der Waals surface area contributed by atoms with Crippen molar-refractivity contribution in [2.24, 2.45) is 5.92 Å². The van der Waals surface area contributed by atoms with Gasteiger partial charge in [0.25, 0.3) is 5.91 Å². The first-order valence-electron chi connectivity index (χ1n) is 5.61. The normalized spacial score (nSPS) is 19.3. The van der Waals surface area contributed by atoms with Crippen LogP contribution in [-0.4, -0.2) is 25.5 Å². The number of rotatable bonds is 3. The molecule has 0 saturated carbocycles. The topological polar surface area (TPSA) is 41.1 Å². The predicted octanol–water partition coefficient (Wildman–Crippen LogP) is 1.77. The Bertz CT molecular complexity index is 419. The monoisotopic (exact) mass is 348 g/mol. The van der Waals surface area contributed by atoms with Crippen molar-refractivity contribution in [2.45, 2.75) is 6.42 Å². The van der Waals surface area contributed by atoms with Gasteiger partial charge in [0, 0.05) is 10.1 Å². The summed E-state index contributed by atoms with van der Waals surface area (Å²) in [5.41, 5.74) is 0.540. The minimum atomic E-state index is -0.314. The van der Waals surface area contributed by atoms with E-state index in [-0.39, 0.29) is 11.7 Å². The number of nitrogens with one attached hydrogen (secondary N) is 2. The lowest BCUT2D eigenvalue weighted by Crippen LogP contribution is -2.30. The first-order chi connectivity index (χ1) is 8.16. The number of carbonyl (C=O) groups is 1. The first kappa shape index (κ1) is 12.8. The number of hydrogen-bond donors (Lipinski definition) is 2. The fourth-order valence-electron chi connectivity index (χ4n) is 1.89. The summed E-state index contributed by atoms with van der Waals surface area (Å²) in [6.45, 7) is 2.66. The van der Waals surface area contributed by atoms with Gasteiger partial charge in [-0.3, -0.25) is 4.79 Å². The van der Waals surface area contributed by atoms with Gasteiger partial charge in [-0.25, -0.2) is 4.39 Å². The summed E-state index contributed by atoms with van der Waals surface area (Å²) >= 11 is 1.98. The van der Waals surface area contributed by atoms with Crippen molar-refractivity contribution in [3.8, 4) is 0 Å². The molecular weight excluding hydrogens is 334 g/mol. The summed E-state index contributed by atoms with van der Waals surface area (Å²) < 4.78 is 13.5. The number of hydrogen-bond acceptors (Lipinski definition) is 2. The number of carbonyl (C=O) groups excluding carboxylic acids is 1. The van der Waals surface area contributed by atoms with Crippen LogP contribution in [0.1, 0.15) is 16.8 Å². The Morgan fingerprint density at radius 2 is 2.41 bits per heavy atom. The Morgan fingerprint density at radius 1 is 1.59 bits per heavy atom. The van der Waals surface area contributed by atoms with Crippen LogP contribution >= 0.6 is 22.6 Å². The minimum absolute atomic E-state index is 0.124. The van der Waals surface area contributed by atoms with Gasteiger partial charge in [-0.15, -0.1) is 0 Å². The molecule has 17 heavy (non-hydrogen) atoms. The lowest BCUT2D eigenvalue weighted by molar-refractivity contribution is 0.0947. The molecule has 1 aromatic carbocycles. The molecule has 1 unspecified atom stereocenters. The van der Waals surface area contributed by atoms with Crippen LogP contribution in [0.2, 0.25) is 0 Å². The van der Waals surface area contributed by atoms with Gasteiger partial charge in [0.05, 0.1) is 5.56 Å². The van der Waals surface area contributed by atoms with E-state index in [1.165, 1.54) is 18.2 Å². The van der Waals surface area contributed by atoms with Gasteiger partial charge < -0.3 is 10.6 Å². The van der Waals surface area contributed by atoms with Crippen LogP contribution in [0.15, 0.2) is 18.2 Å². The molecule has 2 N–H and O–H groups in total. The van der Waals surface area contributed by atoms with Crippen LogP contribution in [0.25, 0.3) is 0 Å². The molecule has 1 atom stereocenters. The van der Waals surface area contributed by atoms with E-state index in [2.05, 4.69) is 10.6 Å². The van der Waals surface area contributed by atoms with E-state index in [0.29, 0.717) is 21.6 Å². The molecule has 1 fully saturated rings. The third kappa shape index (κ3) is 3.38. The maximum atomic E-state index is 12.9. The molecule has 0 spiro atoms. The molecule has 0 aliphatic carbocycles. The summed E-state index contributed by atoms with van der Waals surface area (Å²) in [4.78, 5) is 11.9. The van der Waals surface area contributed by atoms with Gasteiger partial charge in [0.15, 0.2) is 0 Å². The molecular formula is C12H14FIN2O. The van der Waals surface area contributed by atoms with Crippen LogP contribution in [0.4, 0.5) is 4.39 Å². The molecule has 0 radical (unpaired) electrons. The van der Waals surface area contributed by atoms with E-state index in [9.17, 15) is 9.18 Å². The second kappa shape index (κ2) is 5.77. The molecule has 92 valence electrons. The standard InChI is InChI=1S/C12H14FIN2O/c13-9-1-2-10(11(14)5-9)12(17)16-7-8-3-4-15-6-8/h1-2,5,8,15H,3-4,6-7H2,(H,16,17). The van der Waals surface area contributed by atoms with Crippen LogP contribution < -0.4 is 10.6 Å². The van der Waals surface area contributed by atoms with Gasteiger partial charge in [-0.1, -0.05) is 0 Å². The van der Waals surface area contributed by atoms with Crippen LogP contribution in [0, 0.1) is 15.3 Å². The molecule has 0 bridgehead atoms. The summed E-state index contributed by atoms with van der Waals surface area (Å²) in [7, 11) is 0. The van der Waals surface area contributed by atoms with E-state index in [0.717, 1.165) is 19.5 Å². The molecule has 1 aromatic rings. The van der Waals surface area contributed by atoms with Crippen molar-refractivity contribution in [3.05, 3.63) is 33.1 Å². The SMILES string of the molecule is O=C(NCC1CCNC1)c1ccc(F)cc1I. The summed E-state index contributed by atoms with van der Waals surface area (Å²) in [5, 5.41) is 6.15. The summed E-state index contributed by atoms with van der Waals surface area (Å²) in [5.74, 6) is 0.0734. The summed E-state index contributed by atoms with van der Waals surface area (Å²) in [6, 6.07) is 4.21. The maximum Gasteiger partial charge on any atom is 0.252 e. The van der Waals surface area contributed by atoms with Crippen molar-refractivity contribution >= 4 is 28.5 Å². The molecule has 1 amide bonds. The fraction of sp³-hybridized carbons (Fsp3) is 0.417. The molecule has 1 aliphatic heterocycles. The highest BCUT2D eigenvalue weighted by molar-refractivity contribution is 14.1. The van der Waals surface area contributed by atoms with Crippen LogP contribution in [0.5, 0.6) is 0 Å². The Labute approximate surface area is 113 Å². The van der Waals surface area contributed by atoms with Crippen molar-refractivity contribution in [2.75, 3.05) is 19.6 Å². The summed E-state index contributed by atoms with van der Waals surface area (Å²) in [6.07, 6.45) is 1.10. The quantitative estimate of drug-likeness (QED) is 0.818. The molecule has 5 heteroatoms. The molecule has 2 rings (SSSR count). The van der Waals surface area contributed by atoms with Crippen molar-refractivity contribution in [3.63, 3.8) is 0 Å². The van der Waals surface area contributed by atoms with Gasteiger partial charge in [0.2, 0.25) is 0 Å². The zero-order chi connectivity index (χ0) is 12.3. The van der Waals surface area contributed by atoms with Crippen LogP contribution in [0.3, 0.4) is 0 Å². The Balaban J connectivity index is 1.94. The van der Waals surface area contributed by atoms with Crippen molar-refractivity contribution in [1.29, 1.82) is 0 Å². The molecule has 3 nitrogen and oxygen atoms in total. The second-order valence-corrected chi connectivity index (χ2v) is 5.36. The third-order valence-corrected chi connectivity index (χ3v) is 3.78. The van der Waals surface area contributed by atoms with Crippen molar-refractivity contribution in [1.82, 2.24) is 10.6 Å². The van der Waals surface area contributed by atoms with Gasteiger partial charge >= 0.3 is 0 Å². The van der Waals surface area contributed by atoms with E-state index >= 15 is 0 Å². The van der Waals surface area contributed by atoms with E-state index < -0.39 is 0 Å².